The smallest absolute Gasteiger partial charge is 0.164 e. The minimum atomic E-state index is -1.47. The molecule has 0 saturated heterocycles. The van der Waals surface area contributed by atoms with Crippen molar-refractivity contribution in [1.29, 1.82) is 10.5 Å². The van der Waals surface area contributed by atoms with Crippen molar-refractivity contribution in [2.75, 3.05) is 0 Å². The molecule has 0 aromatic heterocycles. The van der Waals surface area contributed by atoms with Crippen molar-refractivity contribution in [2.45, 2.75) is 0 Å². The van der Waals surface area contributed by atoms with Crippen LogP contribution in [0.3, 0.4) is 0 Å². The third-order valence-electron chi connectivity index (χ3n) is 2.60. The van der Waals surface area contributed by atoms with Crippen LogP contribution in [-0.2, 0) is 0 Å². The fraction of sp³-hybridized carbons (Fsp3) is 0. The molecule has 0 saturated carbocycles. The Morgan fingerprint density at radius 1 is 0.737 bits per heavy atom. The number of halogens is 3. The molecule has 0 atom stereocenters. The Morgan fingerprint density at radius 2 is 1.21 bits per heavy atom. The molecule has 5 heteroatoms. The van der Waals surface area contributed by atoms with Crippen LogP contribution < -0.4 is 0 Å². The van der Waals surface area contributed by atoms with Gasteiger partial charge in [0.25, 0.3) is 0 Å². The maximum absolute atomic E-state index is 14.0. The molecule has 0 heterocycles. The van der Waals surface area contributed by atoms with Crippen LogP contribution in [0.25, 0.3) is 11.1 Å². The zero-order valence-corrected chi connectivity index (χ0v) is 9.42. The fourth-order valence-corrected chi connectivity index (χ4v) is 1.72. The van der Waals surface area contributed by atoms with Crippen molar-refractivity contribution in [1.82, 2.24) is 0 Å². The molecule has 0 aliphatic carbocycles. The molecule has 2 rings (SSSR count). The number of benzene rings is 2. The maximum atomic E-state index is 14.0. The molecule has 0 spiro atoms. The summed E-state index contributed by atoms with van der Waals surface area (Å²) in [6, 6.07) is 10.1. The summed E-state index contributed by atoms with van der Waals surface area (Å²) in [5.74, 6) is -4.08. The quantitative estimate of drug-likeness (QED) is 0.785. The molecule has 92 valence electrons. The van der Waals surface area contributed by atoms with Crippen molar-refractivity contribution >= 4 is 0 Å². The first-order valence-electron chi connectivity index (χ1n) is 5.17. The second kappa shape index (κ2) is 4.83. The number of hydrogen-bond donors (Lipinski definition) is 0. The summed E-state index contributed by atoms with van der Waals surface area (Å²) in [5.41, 5.74) is -2.37. The Labute approximate surface area is 107 Å². The third kappa shape index (κ3) is 1.92. The summed E-state index contributed by atoms with van der Waals surface area (Å²) in [6.07, 6.45) is 0. The summed E-state index contributed by atoms with van der Waals surface area (Å²) in [5, 5.41) is 17.4. The molecule has 0 amide bonds. The molecular weight excluding hydrogens is 253 g/mol. The van der Waals surface area contributed by atoms with Gasteiger partial charge < -0.3 is 0 Å². The highest BCUT2D eigenvalue weighted by Gasteiger charge is 2.25. The van der Waals surface area contributed by atoms with E-state index in [2.05, 4.69) is 0 Å². The zero-order valence-electron chi connectivity index (χ0n) is 9.42. The van der Waals surface area contributed by atoms with Gasteiger partial charge in [-0.1, -0.05) is 30.3 Å². The summed E-state index contributed by atoms with van der Waals surface area (Å²) in [7, 11) is 0. The van der Waals surface area contributed by atoms with Crippen molar-refractivity contribution < 1.29 is 13.2 Å². The molecule has 19 heavy (non-hydrogen) atoms. The molecule has 0 bridgehead atoms. The van der Waals surface area contributed by atoms with E-state index < -0.39 is 34.1 Å². The van der Waals surface area contributed by atoms with Crippen molar-refractivity contribution in [3.63, 3.8) is 0 Å². The lowest BCUT2D eigenvalue weighted by atomic mass is 9.98. The Bertz CT molecular complexity index is 684. The van der Waals surface area contributed by atoms with E-state index in [4.69, 9.17) is 10.5 Å². The van der Waals surface area contributed by atoms with E-state index in [9.17, 15) is 13.2 Å². The Hall–Kier alpha value is -2.79. The predicted molar refractivity (Wildman–Crippen MR) is 61.2 cm³/mol. The second-order valence-corrected chi connectivity index (χ2v) is 3.66. The predicted octanol–water partition coefficient (Wildman–Crippen LogP) is 3.51. The number of nitrogens with zero attached hydrogens (tertiary/aromatic N) is 2. The second-order valence-electron chi connectivity index (χ2n) is 3.66. The van der Waals surface area contributed by atoms with Gasteiger partial charge in [0, 0.05) is 0 Å². The van der Waals surface area contributed by atoms with Gasteiger partial charge in [-0.2, -0.15) is 10.5 Å². The monoisotopic (exact) mass is 258 g/mol. The lowest BCUT2D eigenvalue weighted by Crippen LogP contribution is -2.03. The van der Waals surface area contributed by atoms with Crippen LogP contribution in [0.5, 0.6) is 0 Å². The minimum absolute atomic E-state index is 0.130. The van der Waals surface area contributed by atoms with Crippen LogP contribution in [0.2, 0.25) is 0 Å². The Kier molecular flexibility index (Phi) is 3.22. The van der Waals surface area contributed by atoms with E-state index >= 15 is 0 Å². The van der Waals surface area contributed by atoms with Gasteiger partial charge in [-0.25, -0.2) is 13.2 Å². The van der Waals surface area contributed by atoms with Gasteiger partial charge in [0.05, 0.1) is 5.56 Å². The topological polar surface area (TPSA) is 47.6 Å². The summed E-state index contributed by atoms with van der Waals surface area (Å²) >= 11 is 0. The van der Waals surface area contributed by atoms with Crippen LogP contribution in [-0.4, -0.2) is 0 Å². The minimum Gasteiger partial charge on any atom is -0.205 e. The zero-order chi connectivity index (χ0) is 14.0. The molecule has 2 aromatic rings. The normalized spacial score (nSPS) is 9.74. The van der Waals surface area contributed by atoms with Gasteiger partial charge in [-0.3, -0.25) is 0 Å². The van der Waals surface area contributed by atoms with Gasteiger partial charge in [0.15, 0.2) is 17.5 Å². The molecule has 2 aromatic carbocycles. The number of rotatable bonds is 1. The van der Waals surface area contributed by atoms with Gasteiger partial charge >= 0.3 is 0 Å². The molecule has 2 nitrogen and oxygen atoms in total. The Morgan fingerprint density at radius 3 is 1.63 bits per heavy atom. The molecule has 0 N–H and O–H groups in total. The molecule has 0 aliphatic heterocycles. The van der Waals surface area contributed by atoms with Crippen LogP contribution in [0.15, 0.2) is 30.3 Å². The largest absolute Gasteiger partial charge is 0.205 e. The molecule has 0 radical (unpaired) electrons. The van der Waals surface area contributed by atoms with E-state index in [1.54, 1.807) is 6.07 Å². The van der Waals surface area contributed by atoms with Gasteiger partial charge in [-0.05, 0) is 5.56 Å². The van der Waals surface area contributed by atoms with Crippen LogP contribution in [0, 0.1) is 40.1 Å². The average Bonchev–Trinajstić information content (AvgIpc) is 2.41. The van der Waals surface area contributed by atoms with E-state index in [0.717, 1.165) is 0 Å². The lowest BCUT2D eigenvalue weighted by Gasteiger charge is -2.09. The van der Waals surface area contributed by atoms with E-state index in [1.807, 2.05) is 0 Å². The van der Waals surface area contributed by atoms with Crippen molar-refractivity contribution in [3.05, 3.63) is 58.9 Å². The first-order valence-corrected chi connectivity index (χ1v) is 5.17. The van der Waals surface area contributed by atoms with Crippen LogP contribution in [0.1, 0.15) is 11.1 Å². The van der Waals surface area contributed by atoms with Crippen LogP contribution >= 0.6 is 0 Å². The standard InChI is InChI=1S/C14H5F3N2/c15-12-9(6-18)13(16)11(14(17)10(12)7-19)8-4-2-1-3-5-8/h1-5H. The number of nitriles is 2. The van der Waals surface area contributed by atoms with E-state index in [-0.39, 0.29) is 5.56 Å². The highest BCUT2D eigenvalue weighted by atomic mass is 19.1. The third-order valence-corrected chi connectivity index (χ3v) is 2.60. The average molecular weight is 258 g/mol. The van der Waals surface area contributed by atoms with Gasteiger partial charge in [0.1, 0.15) is 23.3 Å². The van der Waals surface area contributed by atoms with Gasteiger partial charge in [0.2, 0.25) is 0 Å². The maximum Gasteiger partial charge on any atom is 0.164 e. The summed E-state index contributed by atoms with van der Waals surface area (Å²) < 4.78 is 41.5. The van der Waals surface area contributed by atoms with Crippen molar-refractivity contribution in [3.8, 4) is 23.3 Å². The van der Waals surface area contributed by atoms with Crippen LogP contribution in [0.4, 0.5) is 13.2 Å². The van der Waals surface area contributed by atoms with E-state index in [0.29, 0.717) is 0 Å². The molecule has 0 unspecified atom stereocenters. The highest BCUT2D eigenvalue weighted by Crippen LogP contribution is 2.32. The SMILES string of the molecule is N#Cc1c(F)c(C#N)c(F)c(-c2ccccc2)c1F. The molecule has 0 fully saturated rings. The fourth-order valence-electron chi connectivity index (χ4n) is 1.72. The van der Waals surface area contributed by atoms with Gasteiger partial charge in [-0.15, -0.1) is 0 Å². The summed E-state index contributed by atoms with van der Waals surface area (Å²) in [6.45, 7) is 0. The van der Waals surface area contributed by atoms with Crippen molar-refractivity contribution in [2.24, 2.45) is 0 Å². The highest BCUT2D eigenvalue weighted by molar-refractivity contribution is 5.69. The molecular formula is C14H5F3N2. The van der Waals surface area contributed by atoms with E-state index in [1.165, 1.54) is 36.4 Å². The Balaban J connectivity index is 2.91. The molecule has 0 aliphatic rings. The first-order chi connectivity index (χ1) is 9.11. The lowest BCUT2D eigenvalue weighted by molar-refractivity contribution is 0.539. The first kappa shape index (κ1) is 12.7. The summed E-state index contributed by atoms with van der Waals surface area (Å²) in [4.78, 5) is 0. The number of hydrogen-bond acceptors (Lipinski definition) is 2.